The summed E-state index contributed by atoms with van der Waals surface area (Å²) in [7, 11) is 0. The number of unbranched alkanes of at least 4 members (excludes halogenated alkanes) is 51. The van der Waals surface area contributed by atoms with E-state index in [1.54, 1.807) is 0 Å². The second-order valence-electron chi connectivity index (χ2n) is 24.9. The fourth-order valence-electron chi connectivity index (χ4n) is 11.4. The fourth-order valence-corrected chi connectivity index (χ4v) is 11.4. The van der Waals surface area contributed by atoms with Gasteiger partial charge in [-0.1, -0.05) is 339 Å². The molecule has 0 aliphatic heterocycles. The van der Waals surface area contributed by atoms with Gasteiger partial charge >= 0.3 is 5.97 Å². The molecule has 2 unspecified atom stereocenters. The van der Waals surface area contributed by atoms with E-state index in [4.69, 9.17) is 4.74 Å². The molecule has 0 aliphatic rings. The first kappa shape index (κ1) is 78.1. The van der Waals surface area contributed by atoms with Gasteiger partial charge in [0.05, 0.1) is 25.4 Å². The topological polar surface area (TPSA) is 95.9 Å². The van der Waals surface area contributed by atoms with Crippen LogP contribution in [0.2, 0.25) is 0 Å². The Kier molecular flexibility index (Phi) is 67.9. The number of aliphatic hydroxyl groups is 2. The van der Waals surface area contributed by atoms with Crippen LogP contribution in [-0.4, -0.2) is 47.4 Å². The molecule has 0 fully saturated rings. The van der Waals surface area contributed by atoms with E-state index >= 15 is 0 Å². The fraction of sp³-hybridized carbons (Fsp3) is 0.892. The average Bonchev–Trinajstić information content (AvgIpc) is 3.46. The summed E-state index contributed by atoms with van der Waals surface area (Å²) in [6.45, 7) is 4.96. The average molecular weight is 1120 g/mol. The van der Waals surface area contributed by atoms with Crippen LogP contribution in [0.15, 0.2) is 36.5 Å². The summed E-state index contributed by atoms with van der Waals surface area (Å²) < 4.78 is 5.48. The van der Waals surface area contributed by atoms with Crippen molar-refractivity contribution in [2.75, 3.05) is 13.2 Å². The summed E-state index contributed by atoms with van der Waals surface area (Å²) in [6, 6.07) is -0.539. The Morgan fingerprint density at radius 2 is 0.625 bits per heavy atom. The molecule has 0 radical (unpaired) electrons. The number of hydrogen-bond acceptors (Lipinski definition) is 5. The highest BCUT2D eigenvalue weighted by molar-refractivity contribution is 5.76. The van der Waals surface area contributed by atoms with E-state index in [1.165, 1.54) is 315 Å². The van der Waals surface area contributed by atoms with Crippen molar-refractivity contribution in [3.05, 3.63) is 36.5 Å². The summed E-state index contributed by atoms with van der Waals surface area (Å²) in [5.74, 6) is -0.0221. The third-order valence-corrected chi connectivity index (χ3v) is 16.9. The van der Waals surface area contributed by atoms with Gasteiger partial charge in [-0.15, -0.1) is 0 Å². The maximum absolute atomic E-state index is 12.5. The second kappa shape index (κ2) is 69.6. The number of carbonyl (C=O) groups is 2. The SMILES string of the molecule is CCCCCC/C=C\CCCCCCCC(=O)OCCCCCCCCCCCCC/C=C\C/C=C\CCCCCCCCCCCCCCCCCCCC(=O)NC(CO)C(O)CCCCCCCCCCCCCCCCC. The van der Waals surface area contributed by atoms with E-state index < -0.39 is 12.1 Å². The van der Waals surface area contributed by atoms with Crippen molar-refractivity contribution in [2.24, 2.45) is 0 Å². The van der Waals surface area contributed by atoms with Crippen LogP contribution >= 0.6 is 0 Å². The molecule has 0 bridgehead atoms. The van der Waals surface area contributed by atoms with Crippen LogP contribution in [0, 0.1) is 0 Å². The largest absolute Gasteiger partial charge is 0.466 e. The van der Waals surface area contributed by atoms with E-state index in [2.05, 4.69) is 55.6 Å². The third-order valence-electron chi connectivity index (χ3n) is 16.9. The second-order valence-corrected chi connectivity index (χ2v) is 24.9. The van der Waals surface area contributed by atoms with Crippen LogP contribution in [0.3, 0.4) is 0 Å². The van der Waals surface area contributed by atoms with Crippen molar-refractivity contribution in [1.29, 1.82) is 0 Å². The summed E-state index contributed by atoms with van der Waals surface area (Å²) in [5.41, 5.74) is 0. The van der Waals surface area contributed by atoms with Gasteiger partial charge in [-0.25, -0.2) is 0 Å². The van der Waals surface area contributed by atoms with Gasteiger partial charge in [0, 0.05) is 12.8 Å². The number of esters is 1. The van der Waals surface area contributed by atoms with Gasteiger partial charge in [0.25, 0.3) is 0 Å². The quantitative estimate of drug-likeness (QED) is 0.0320. The lowest BCUT2D eigenvalue weighted by atomic mass is 10.0. The molecule has 0 aromatic heterocycles. The van der Waals surface area contributed by atoms with E-state index in [-0.39, 0.29) is 18.5 Å². The zero-order valence-electron chi connectivity index (χ0n) is 54.1. The molecule has 0 spiro atoms. The molecule has 0 saturated carbocycles. The number of hydrogen-bond donors (Lipinski definition) is 3. The molecule has 1 amide bonds. The maximum atomic E-state index is 12.5. The normalized spacial score (nSPS) is 12.7. The van der Waals surface area contributed by atoms with E-state index in [1.807, 2.05) is 0 Å². The molecule has 6 nitrogen and oxygen atoms in total. The Balaban J connectivity index is 3.37. The monoisotopic (exact) mass is 1120 g/mol. The van der Waals surface area contributed by atoms with Crippen LogP contribution in [0.25, 0.3) is 0 Å². The van der Waals surface area contributed by atoms with Crippen molar-refractivity contribution in [1.82, 2.24) is 5.32 Å². The Morgan fingerprint density at radius 1 is 0.350 bits per heavy atom. The number of nitrogens with one attached hydrogen (secondary N) is 1. The van der Waals surface area contributed by atoms with Gasteiger partial charge in [0.2, 0.25) is 5.91 Å². The predicted octanol–water partition coefficient (Wildman–Crippen LogP) is 23.5. The minimum atomic E-state index is -0.662. The number of rotatable bonds is 68. The first-order valence-corrected chi connectivity index (χ1v) is 36.2. The number of aliphatic hydroxyl groups excluding tert-OH is 2. The number of carbonyl (C=O) groups excluding carboxylic acids is 2. The zero-order chi connectivity index (χ0) is 57.8. The van der Waals surface area contributed by atoms with Crippen molar-refractivity contribution in [3.63, 3.8) is 0 Å². The summed E-state index contributed by atoms with van der Waals surface area (Å²) in [6.07, 6.45) is 89.2. The van der Waals surface area contributed by atoms with Crippen LogP contribution < -0.4 is 5.32 Å². The maximum Gasteiger partial charge on any atom is 0.305 e. The Labute approximate surface area is 500 Å². The Bertz CT molecular complexity index is 1300. The van der Waals surface area contributed by atoms with Gasteiger partial charge in [-0.3, -0.25) is 9.59 Å². The molecular formula is C74H141NO5. The lowest BCUT2D eigenvalue weighted by molar-refractivity contribution is -0.143. The summed E-state index contributed by atoms with van der Waals surface area (Å²) in [4.78, 5) is 24.5. The minimum Gasteiger partial charge on any atom is -0.466 e. The highest BCUT2D eigenvalue weighted by Crippen LogP contribution is 2.19. The Hall–Kier alpha value is -1.92. The molecule has 0 aromatic rings. The molecule has 6 heteroatoms. The molecule has 472 valence electrons. The van der Waals surface area contributed by atoms with Crippen LogP contribution in [-0.2, 0) is 14.3 Å². The minimum absolute atomic E-state index is 0.00780. The Morgan fingerprint density at radius 3 is 0.975 bits per heavy atom. The molecule has 0 aliphatic carbocycles. The van der Waals surface area contributed by atoms with E-state index in [0.717, 1.165) is 51.4 Å². The molecular weight excluding hydrogens is 983 g/mol. The summed E-state index contributed by atoms with van der Waals surface area (Å²) >= 11 is 0. The molecule has 80 heavy (non-hydrogen) atoms. The van der Waals surface area contributed by atoms with Crippen LogP contribution in [0.4, 0.5) is 0 Å². The smallest absolute Gasteiger partial charge is 0.305 e. The lowest BCUT2D eigenvalue weighted by Gasteiger charge is -2.22. The highest BCUT2D eigenvalue weighted by Gasteiger charge is 2.20. The zero-order valence-corrected chi connectivity index (χ0v) is 54.1. The molecule has 0 heterocycles. The molecule has 2 atom stereocenters. The van der Waals surface area contributed by atoms with Gasteiger partial charge in [-0.05, 0) is 83.5 Å². The number of amides is 1. The molecule has 0 aromatic carbocycles. The molecule has 3 N–H and O–H groups in total. The first-order valence-electron chi connectivity index (χ1n) is 36.2. The van der Waals surface area contributed by atoms with Crippen molar-refractivity contribution >= 4 is 11.9 Å². The third kappa shape index (κ3) is 65.2. The molecule has 0 saturated heterocycles. The van der Waals surface area contributed by atoms with Crippen molar-refractivity contribution in [3.8, 4) is 0 Å². The van der Waals surface area contributed by atoms with Crippen LogP contribution in [0.5, 0.6) is 0 Å². The van der Waals surface area contributed by atoms with Gasteiger partial charge in [0.15, 0.2) is 0 Å². The number of ether oxygens (including phenoxy) is 1. The van der Waals surface area contributed by atoms with Crippen molar-refractivity contribution in [2.45, 2.75) is 411 Å². The lowest BCUT2D eigenvalue weighted by Crippen LogP contribution is -2.45. The van der Waals surface area contributed by atoms with Crippen molar-refractivity contribution < 1.29 is 24.5 Å². The predicted molar refractivity (Wildman–Crippen MR) is 352 cm³/mol. The number of allylic oxidation sites excluding steroid dienone is 6. The van der Waals surface area contributed by atoms with E-state index in [0.29, 0.717) is 25.9 Å². The van der Waals surface area contributed by atoms with E-state index in [9.17, 15) is 19.8 Å². The highest BCUT2D eigenvalue weighted by atomic mass is 16.5. The summed E-state index contributed by atoms with van der Waals surface area (Å²) in [5, 5.41) is 23.3. The van der Waals surface area contributed by atoms with Gasteiger partial charge in [0.1, 0.15) is 0 Å². The standard InChI is InChI=1S/C74H141NO5/c1-3-5-7-9-11-13-15-17-39-43-46-50-54-58-62-66-72(77)71(70-76)75-73(78)67-63-59-55-51-47-44-40-37-35-33-31-29-27-25-23-21-19-18-20-22-24-26-28-30-32-34-36-38-41-45-49-53-57-61-65-69-80-74(79)68-64-60-56-52-48-42-16-14-12-10-8-6-4-2/h14,16,20,22,26,28,71-72,76-77H,3-13,15,17-19,21,23-25,27,29-70H2,1-2H3,(H,75,78)/b16-14-,22-20-,28-26-. The van der Waals surface area contributed by atoms with Gasteiger partial charge in [-0.2, -0.15) is 0 Å². The van der Waals surface area contributed by atoms with Crippen LogP contribution in [0.1, 0.15) is 399 Å². The van der Waals surface area contributed by atoms with Gasteiger partial charge < -0.3 is 20.3 Å². The molecule has 0 rings (SSSR count). The first-order chi connectivity index (χ1) is 39.5.